The van der Waals surface area contributed by atoms with Gasteiger partial charge in [0, 0.05) is 28.2 Å². The summed E-state index contributed by atoms with van der Waals surface area (Å²) in [5, 5.41) is 1.53. The molecule has 0 amide bonds. The van der Waals surface area contributed by atoms with E-state index in [9.17, 15) is 13.2 Å². The molecule has 3 aromatic rings. The third-order valence-corrected chi connectivity index (χ3v) is 5.27. The van der Waals surface area contributed by atoms with Crippen molar-refractivity contribution in [2.75, 3.05) is 0 Å². The molecular formula is C13H5BrF3IS. The van der Waals surface area contributed by atoms with Crippen molar-refractivity contribution in [2.45, 2.75) is 6.18 Å². The van der Waals surface area contributed by atoms with Gasteiger partial charge in [-0.2, -0.15) is 13.2 Å². The van der Waals surface area contributed by atoms with Crippen molar-refractivity contribution in [2.24, 2.45) is 0 Å². The Morgan fingerprint density at radius 1 is 1.00 bits per heavy atom. The summed E-state index contributed by atoms with van der Waals surface area (Å²) in [5.74, 6) is 0. The predicted octanol–water partition coefficient (Wildman–Crippen LogP) is 6.44. The quantitative estimate of drug-likeness (QED) is 0.341. The van der Waals surface area contributed by atoms with Gasteiger partial charge in [0.1, 0.15) is 0 Å². The molecule has 2 aromatic carbocycles. The van der Waals surface area contributed by atoms with Crippen molar-refractivity contribution < 1.29 is 13.2 Å². The summed E-state index contributed by atoms with van der Waals surface area (Å²) in [6.07, 6.45) is -4.34. The Bertz CT molecular complexity index is 792. The molecule has 3 rings (SSSR count). The lowest BCUT2D eigenvalue weighted by Crippen LogP contribution is -2.05. The van der Waals surface area contributed by atoms with Gasteiger partial charge in [-0.3, -0.25) is 0 Å². The predicted molar refractivity (Wildman–Crippen MR) is 84.8 cm³/mol. The number of hydrogen-bond donors (Lipinski definition) is 0. The lowest BCUT2D eigenvalue weighted by molar-refractivity contribution is -0.138. The standard InChI is InChI=1S/C13H5BrF3IS/c14-10-5-12-8(4-9(10)13(15,16)17)7-2-1-6(18)3-11(7)19-12/h1-5H. The van der Waals surface area contributed by atoms with Gasteiger partial charge in [-0.1, -0.05) is 22.0 Å². The number of benzene rings is 2. The molecule has 0 bridgehead atoms. The molecular weight excluding hydrogens is 452 g/mol. The molecule has 0 radical (unpaired) electrons. The van der Waals surface area contributed by atoms with Crippen LogP contribution < -0.4 is 0 Å². The van der Waals surface area contributed by atoms with Crippen LogP contribution in [0.4, 0.5) is 13.2 Å². The van der Waals surface area contributed by atoms with Crippen LogP contribution in [0.2, 0.25) is 0 Å². The molecule has 0 unspecified atom stereocenters. The van der Waals surface area contributed by atoms with E-state index in [1.807, 2.05) is 18.2 Å². The van der Waals surface area contributed by atoms with E-state index in [0.717, 1.165) is 18.4 Å². The van der Waals surface area contributed by atoms with Crippen LogP contribution in [0, 0.1) is 3.57 Å². The molecule has 0 spiro atoms. The van der Waals surface area contributed by atoms with E-state index in [-0.39, 0.29) is 4.47 Å². The summed E-state index contributed by atoms with van der Waals surface area (Å²) in [4.78, 5) is 0. The average Bonchev–Trinajstić information content (AvgIpc) is 2.62. The number of thiophene rings is 1. The lowest BCUT2D eigenvalue weighted by atomic mass is 10.1. The molecule has 0 N–H and O–H groups in total. The van der Waals surface area contributed by atoms with E-state index < -0.39 is 11.7 Å². The van der Waals surface area contributed by atoms with Gasteiger partial charge in [0.2, 0.25) is 0 Å². The van der Waals surface area contributed by atoms with Crippen LogP contribution >= 0.6 is 49.9 Å². The smallest absolute Gasteiger partial charge is 0.166 e. The fourth-order valence-electron chi connectivity index (χ4n) is 1.99. The molecule has 19 heavy (non-hydrogen) atoms. The zero-order valence-corrected chi connectivity index (χ0v) is 13.7. The average molecular weight is 457 g/mol. The molecule has 1 aromatic heterocycles. The maximum absolute atomic E-state index is 12.9. The third kappa shape index (κ3) is 2.38. The molecule has 0 aliphatic heterocycles. The summed E-state index contributed by atoms with van der Waals surface area (Å²) in [6, 6.07) is 8.55. The minimum atomic E-state index is -4.34. The van der Waals surface area contributed by atoms with Crippen LogP contribution in [0.15, 0.2) is 34.8 Å². The maximum atomic E-state index is 12.9. The Morgan fingerprint density at radius 3 is 2.37 bits per heavy atom. The molecule has 0 aliphatic rings. The Balaban J connectivity index is 2.41. The van der Waals surface area contributed by atoms with Crippen molar-refractivity contribution in [3.8, 4) is 0 Å². The summed E-state index contributed by atoms with van der Waals surface area (Å²) < 4.78 is 41.8. The van der Waals surface area contributed by atoms with Gasteiger partial charge in [0.15, 0.2) is 0 Å². The molecule has 6 heteroatoms. The minimum absolute atomic E-state index is 0.0914. The number of halogens is 5. The van der Waals surface area contributed by atoms with Crippen LogP contribution in [-0.4, -0.2) is 0 Å². The van der Waals surface area contributed by atoms with Crippen molar-refractivity contribution in [3.63, 3.8) is 0 Å². The number of fused-ring (bicyclic) bond motifs is 3. The van der Waals surface area contributed by atoms with Crippen LogP contribution in [0.3, 0.4) is 0 Å². The monoisotopic (exact) mass is 456 g/mol. The summed E-state index contributed by atoms with van der Waals surface area (Å²) >= 11 is 6.71. The van der Waals surface area contributed by atoms with Gasteiger partial charge in [0.05, 0.1) is 5.56 Å². The normalized spacial score (nSPS) is 12.5. The number of hydrogen-bond acceptors (Lipinski definition) is 1. The van der Waals surface area contributed by atoms with E-state index in [0.29, 0.717) is 5.39 Å². The van der Waals surface area contributed by atoms with Crippen molar-refractivity contribution >= 4 is 70.0 Å². The van der Waals surface area contributed by atoms with Crippen LogP contribution in [-0.2, 0) is 6.18 Å². The Hall–Kier alpha value is -0.340. The first kappa shape index (κ1) is 13.6. The zero-order valence-electron chi connectivity index (χ0n) is 9.18. The van der Waals surface area contributed by atoms with Crippen LogP contribution in [0.1, 0.15) is 5.56 Å². The molecule has 0 aliphatic carbocycles. The fraction of sp³-hybridized carbons (Fsp3) is 0.0769. The SMILES string of the molecule is FC(F)(F)c1cc2c(cc1Br)sc1cc(I)ccc12. The molecule has 0 saturated carbocycles. The maximum Gasteiger partial charge on any atom is 0.417 e. The second kappa shape index (κ2) is 4.60. The molecule has 0 saturated heterocycles. The largest absolute Gasteiger partial charge is 0.417 e. The summed E-state index contributed by atoms with van der Waals surface area (Å²) in [6.45, 7) is 0. The van der Waals surface area contributed by atoms with E-state index in [1.54, 1.807) is 6.07 Å². The van der Waals surface area contributed by atoms with E-state index in [4.69, 9.17) is 0 Å². The third-order valence-electron chi connectivity index (χ3n) is 2.83. The lowest BCUT2D eigenvalue weighted by Gasteiger charge is -2.09. The van der Waals surface area contributed by atoms with Crippen LogP contribution in [0.5, 0.6) is 0 Å². The van der Waals surface area contributed by atoms with Gasteiger partial charge in [-0.25, -0.2) is 0 Å². The van der Waals surface area contributed by atoms with Gasteiger partial charge in [-0.15, -0.1) is 11.3 Å². The number of rotatable bonds is 0. The highest BCUT2D eigenvalue weighted by molar-refractivity contribution is 14.1. The van der Waals surface area contributed by atoms with Crippen LogP contribution in [0.25, 0.3) is 20.2 Å². The highest BCUT2D eigenvalue weighted by Crippen LogP contribution is 2.42. The Labute approximate surface area is 132 Å². The first-order valence-corrected chi connectivity index (χ1v) is 7.93. The molecule has 0 nitrogen and oxygen atoms in total. The van der Waals surface area contributed by atoms with Gasteiger partial charge in [-0.05, 0) is 46.9 Å². The minimum Gasteiger partial charge on any atom is -0.166 e. The molecule has 0 fully saturated rings. The second-order valence-corrected chi connectivity index (χ2v) is 7.25. The second-order valence-electron chi connectivity index (χ2n) is 4.07. The number of alkyl halides is 3. The highest BCUT2D eigenvalue weighted by Gasteiger charge is 2.33. The van der Waals surface area contributed by atoms with Crippen molar-refractivity contribution in [3.05, 3.63) is 43.9 Å². The first-order valence-electron chi connectivity index (χ1n) is 5.25. The Kier molecular flexibility index (Phi) is 3.30. The molecule has 1 heterocycles. The van der Waals surface area contributed by atoms with Gasteiger partial charge >= 0.3 is 6.18 Å². The van der Waals surface area contributed by atoms with Crippen molar-refractivity contribution in [1.82, 2.24) is 0 Å². The van der Waals surface area contributed by atoms with E-state index in [1.165, 1.54) is 17.4 Å². The highest BCUT2D eigenvalue weighted by atomic mass is 127. The molecule has 98 valence electrons. The Morgan fingerprint density at radius 2 is 1.68 bits per heavy atom. The summed E-state index contributed by atoms with van der Waals surface area (Å²) in [5.41, 5.74) is -0.627. The zero-order chi connectivity index (χ0) is 13.8. The topological polar surface area (TPSA) is 0 Å². The van der Waals surface area contributed by atoms with Gasteiger partial charge in [0.25, 0.3) is 0 Å². The van der Waals surface area contributed by atoms with E-state index >= 15 is 0 Å². The van der Waals surface area contributed by atoms with Gasteiger partial charge < -0.3 is 0 Å². The van der Waals surface area contributed by atoms with E-state index in [2.05, 4.69) is 38.5 Å². The first-order chi connectivity index (χ1) is 8.86. The van der Waals surface area contributed by atoms with Crippen molar-refractivity contribution in [1.29, 1.82) is 0 Å². The molecule has 0 atom stereocenters. The fourth-order valence-corrected chi connectivity index (χ4v) is 4.58. The summed E-state index contributed by atoms with van der Waals surface area (Å²) in [7, 11) is 0.